The highest BCUT2D eigenvalue weighted by atomic mass is 32.1. The van der Waals surface area contributed by atoms with Gasteiger partial charge in [0.2, 0.25) is 0 Å². The molecule has 0 spiro atoms. The van der Waals surface area contributed by atoms with Crippen molar-refractivity contribution in [2.45, 2.75) is 136 Å². The molecule has 0 aliphatic heterocycles. The van der Waals surface area contributed by atoms with E-state index in [9.17, 15) is 0 Å². The average Bonchev–Trinajstić information content (AvgIpc) is 1.49. The lowest BCUT2D eigenvalue weighted by Crippen LogP contribution is -2.30. The second-order valence-corrected chi connectivity index (χ2v) is 36.0. The van der Waals surface area contributed by atoms with Crippen LogP contribution in [0.3, 0.4) is 0 Å². The lowest BCUT2D eigenvalue weighted by molar-refractivity contribution is 0.608. The summed E-state index contributed by atoms with van der Waals surface area (Å²) in [5.41, 5.74) is 25.7. The lowest BCUT2D eigenvalue weighted by Gasteiger charge is -2.35. The molecule has 99 heavy (non-hydrogen) atoms. The molecule has 18 rings (SSSR count). The van der Waals surface area contributed by atoms with Crippen LogP contribution >= 0.6 is 68.0 Å². The summed E-state index contributed by atoms with van der Waals surface area (Å²) in [4.78, 5) is 5.57. The van der Waals surface area contributed by atoms with E-state index in [4.69, 9.17) is 0 Å². The van der Waals surface area contributed by atoms with Gasteiger partial charge in [-0.05, 0) is 183 Å². The van der Waals surface area contributed by atoms with Gasteiger partial charge in [-0.2, -0.15) is 0 Å². The Morgan fingerprint density at radius 1 is 0.343 bits per heavy atom. The van der Waals surface area contributed by atoms with E-state index in [0.717, 1.165) is 6.42 Å². The Bertz CT molecular complexity index is 5760. The molecule has 0 radical (unpaired) electrons. The average molecular weight is 1390 g/mol. The quantitative estimate of drug-likeness (QED) is 0.0668. The number of fused-ring (bicyclic) bond motifs is 17. The van der Waals surface area contributed by atoms with E-state index in [0.29, 0.717) is 0 Å². The molecule has 16 aromatic rings. The molecule has 6 heterocycles. The molecule has 0 unspecified atom stereocenters. The van der Waals surface area contributed by atoms with Crippen LogP contribution in [0.1, 0.15) is 173 Å². The van der Waals surface area contributed by atoms with E-state index in [-0.39, 0.29) is 10.8 Å². The van der Waals surface area contributed by atoms with Crippen molar-refractivity contribution >= 4 is 127 Å². The zero-order valence-electron chi connectivity index (χ0n) is 58.2. The molecule has 0 fully saturated rings. The van der Waals surface area contributed by atoms with Gasteiger partial charge in [-0.15, -0.1) is 68.0 Å². The maximum Gasteiger partial charge on any atom is 0.0736 e. The zero-order valence-corrected chi connectivity index (χ0v) is 63.1. The Labute approximate surface area is 607 Å². The number of unbranched alkanes of at least 4 members (excludes halogenated alkanes) is 5. The molecule has 0 amide bonds. The summed E-state index contributed by atoms with van der Waals surface area (Å²) in [5.74, 6) is 0. The molecule has 0 saturated heterocycles. The predicted octanol–water partition coefficient (Wildman–Crippen LogP) is 28.5. The van der Waals surface area contributed by atoms with Gasteiger partial charge < -0.3 is 0 Å². The van der Waals surface area contributed by atoms with Crippen LogP contribution < -0.4 is 0 Å². The van der Waals surface area contributed by atoms with Crippen LogP contribution in [0.15, 0.2) is 218 Å². The van der Waals surface area contributed by atoms with Crippen molar-refractivity contribution in [1.29, 1.82) is 0 Å². The molecule has 0 bridgehead atoms. The monoisotopic (exact) mass is 1390 g/mol. The summed E-state index contributed by atoms with van der Waals surface area (Å²) < 4.78 is 11.3. The fourth-order valence-electron chi connectivity index (χ4n) is 17.3. The van der Waals surface area contributed by atoms with Gasteiger partial charge in [-0.25, -0.2) is 0 Å². The molecule has 6 heteroatoms. The first-order valence-electron chi connectivity index (χ1n) is 35.7. The molecule has 488 valence electrons. The fourth-order valence-corrected chi connectivity index (χ4v) is 26.3. The number of hydrogen-bond acceptors (Lipinski definition) is 6. The lowest BCUT2D eigenvalue weighted by atomic mass is 9.65. The minimum absolute atomic E-state index is 0.126. The summed E-state index contributed by atoms with van der Waals surface area (Å²) in [6.07, 6.45) is 8.80. The minimum Gasteiger partial charge on any atom is -0.137 e. The maximum absolute atomic E-state index is 2.73. The summed E-state index contributed by atoms with van der Waals surface area (Å²) in [6.45, 7) is 23.3. The Hall–Kier alpha value is -8.04. The largest absolute Gasteiger partial charge is 0.137 e. The maximum atomic E-state index is 2.73. The summed E-state index contributed by atoms with van der Waals surface area (Å²) in [6, 6.07) is 86.1. The highest BCUT2D eigenvalue weighted by molar-refractivity contribution is 7.41. The third-order valence-corrected chi connectivity index (χ3v) is 31.3. The fraction of sp³-hybridized carbons (Fsp3) is 0.226. The molecule has 10 aromatic carbocycles. The Morgan fingerprint density at radius 2 is 0.798 bits per heavy atom. The van der Waals surface area contributed by atoms with Crippen LogP contribution in [-0.4, -0.2) is 0 Å². The van der Waals surface area contributed by atoms with E-state index in [1.54, 1.807) is 0 Å². The van der Waals surface area contributed by atoms with Crippen molar-refractivity contribution in [3.63, 3.8) is 0 Å². The van der Waals surface area contributed by atoms with Crippen molar-refractivity contribution < 1.29 is 0 Å². The minimum atomic E-state index is -0.606. The standard InChI is InChI=1S/C93H80S6/c1-11-12-13-14-15-22-27-67-58(6)70-49-66(90(7,8)60-23-18-16-19-24-60)45-47-68(70)69-46-36-59(48-71(67)69)76-52-77-84(94-76)88-86(95-77)80-82(98-88)72-50-75-73(51-74(72)92(80,62-37-28-54(2)29-38-62)63-39-30-55(3)31-40-63)83-81(93(75,64-41-32-56(4)33-42-64)65-43-34-57(5)35-44-65)87-89(99-83)85-78(96-87)53-79(97-85)91(9,10)61-25-20-17-21-26-61/h16-21,23-26,28-53H,11-15,22,27H2,1-10H3. The smallest absolute Gasteiger partial charge is 0.0736 e. The van der Waals surface area contributed by atoms with E-state index in [1.807, 2.05) is 45.3 Å². The van der Waals surface area contributed by atoms with Crippen molar-refractivity contribution in [2.24, 2.45) is 0 Å². The number of benzene rings is 10. The van der Waals surface area contributed by atoms with Gasteiger partial charge in [-0.1, -0.05) is 271 Å². The van der Waals surface area contributed by atoms with Gasteiger partial charge in [0.05, 0.1) is 39.0 Å². The van der Waals surface area contributed by atoms with E-state index >= 15 is 0 Å². The topological polar surface area (TPSA) is 0 Å². The molecule has 0 N–H and O–H groups in total. The molecule has 2 aliphatic rings. The number of thiophene rings is 6. The van der Waals surface area contributed by atoms with Gasteiger partial charge in [0.15, 0.2) is 0 Å². The Balaban J connectivity index is 0.854. The zero-order chi connectivity index (χ0) is 67.4. The summed E-state index contributed by atoms with van der Waals surface area (Å²) in [5, 5.41) is 5.54. The third-order valence-electron chi connectivity index (χ3n) is 23.0. The SMILES string of the molecule is CCCCCCCCc1c(C)c2cc(C(C)(C)c3ccccc3)ccc2c2ccc(-c3cc4sc5c6c(sc5c4s3)-c3cc4c(cc3C6(c3ccc(C)cc3)c3ccc(C)cc3)-c3sc5c(sc6cc(C(C)(C)c7ccccc7)sc65)c3C4(c3ccc(C)cc3)c3ccc(C)cc3)cc12. The van der Waals surface area contributed by atoms with Crippen LogP contribution in [0.25, 0.3) is 90.5 Å². The first kappa shape index (κ1) is 63.2. The molecule has 0 nitrogen and oxygen atoms in total. The van der Waals surface area contributed by atoms with Gasteiger partial charge in [0.1, 0.15) is 0 Å². The first-order chi connectivity index (χ1) is 48.1. The number of aryl methyl sites for hydroxylation is 6. The molecule has 2 aliphatic carbocycles. The Kier molecular flexibility index (Phi) is 15.2. The summed E-state index contributed by atoms with van der Waals surface area (Å²) in [7, 11) is 0. The van der Waals surface area contributed by atoms with Crippen molar-refractivity contribution in [3.05, 3.63) is 318 Å². The van der Waals surface area contributed by atoms with E-state index in [1.165, 1.54) is 228 Å². The van der Waals surface area contributed by atoms with E-state index < -0.39 is 10.8 Å². The molecule has 0 saturated carbocycles. The molecule has 0 atom stereocenters. The van der Waals surface area contributed by atoms with Crippen LogP contribution in [0, 0.1) is 34.6 Å². The molecular weight excluding hydrogens is 1310 g/mol. The van der Waals surface area contributed by atoms with Crippen LogP contribution in [-0.2, 0) is 28.1 Å². The normalized spacial score (nSPS) is 14.0. The van der Waals surface area contributed by atoms with Crippen molar-refractivity contribution in [1.82, 2.24) is 0 Å². The summed E-state index contributed by atoms with van der Waals surface area (Å²) >= 11 is 12.2. The van der Waals surface area contributed by atoms with Gasteiger partial charge in [0, 0.05) is 50.9 Å². The van der Waals surface area contributed by atoms with Crippen LogP contribution in [0.5, 0.6) is 0 Å². The van der Waals surface area contributed by atoms with Crippen molar-refractivity contribution in [3.8, 4) is 31.3 Å². The van der Waals surface area contributed by atoms with Crippen LogP contribution in [0.4, 0.5) is 0 Å². The molecular formula is C93H80S6. The highest BCUT2D eigenvalue weighted by Crippen LogP contribution is 2.69. The predicted molar refractivity (Wildman–Crippen MR) is 437 cm³/mol. The van der Waals surface area contributed by atoms with Crippen LogP contribution in [0.2, 0.25) is 0 Å². The number of hydrogen-bond donors (Lipinski definition) is 0. The molecule has 6 aromatic heterocycles. The van der Waals surface area contributed by atoms with Gasteiger partial charge >= 0.3 is 0 Å². The second-order valence-electron chi connectivity index (χ2n) is 29.8. The highest BCUT2D eigenvalue weighted by Gasteiger charge is 2.55. The number of rotatable bonds is 16. The van der Waals surface area contributed by atoms with Gasteiger partial charge in [0.25, 0.3) is 0 Å². The third kappa shape index (κ3) is 9.55. The van der Waals surface area contributed by atoms with Gasteiger partial charge in [-0.3, -0.25) is 0 Å². The first-order valence-corrected chi connectivity index (χ1v) is 40.6. The van der Waals surface area contributed by atoms with E-state index in [2.05, 4.69) is 310 Å². The second kappa shape index (κ2) is 23.8. The Morgan fingerprint density at radius 3 is 1.31 bits per heavy atom. The van der Waals surface area contributed by atoms with Crippen molar-refractivity contribution in [2.75, 3.05) is 0 Å².